The van der Waals surface area contributed by atoms with Crippen molar-refractivity contribution in [1.29, 1.82) is 0 Å². The van der Waals surface area contributed by atoms with E-state index in [1.807, 2.05) is 0 Å². The van der Waals surface area contributed by atoms with Gasteiger partial charge in [-0.25, -0.2) is 0 Å². The van der Waals surface area contributed by atoms with Crippen molar-refractivity contribution in [2.45, 2.75) is 11.5 Å². The van der Waals surface area contributed by atoms with Gasteiger partial charge in [-0.3, -0.25) is 0 Å². The summed E-state index contributed by atoms with van der Waals surface area (Å²) in [6.07, 6.45) is 0. The van der Waals surface area contributed by atoms with Crippen LogP contribution in [0.3, 0.4) is 0 Å². The molecule has 0 aromatic heterocycles. The molecule has 0 fully saturated rings. The van der Waals surface area contributed by atoms with Crippen molar-refractivity contribution in [2.24, 2.45) is 0 Å². The molecule has 6 aromatic carbocycles. The van der Waals surface area contributed by atoms with E-state index in [4.69, 9.17) is 0 Å². The molecule has 0 radical (unpaired) electrons. The van der Waals surface area contributed by atoms with Crippen molar-refractivity contribution in [2.75, 3.05) is 9.80 Å². The van der Waals surface area contributed by atoms with Crippen molar-refractivity contribution in [3.05, 3.63) is 127 Å². The Kier molecular flexibility index (Phi) is 4.34. The molecule has 0 bridgehead atoms. The summed E-state index contributed by atoms with van der Waals surface area (Å²) >= 11 is -2.53. The minimum atomic E-state index is -2.53. The predicted molar refractivity (Wildman–Crippen MR) is 182 cm³/mol. The molecule has 196 valence electrons. The van der Waals surface area contributed by atoms with Gasteiger partial charge in [0.15, 0.2) is 0 Å². The fraction of sp³-hybridized carbons (Fsp3) is 0.0526. The Labute approximate surface area is 249 Å². The zero-order chi connectivity index (χ0) is 27.7. The summed E-state index contributed by atoms with van der Waals surface area (Å²) in [7, 11) is 0. The standard InChI is InChI=1S/C38H27BGeN2/c1-40(2)28-16-7-9-18-31(28)42-34-21-11-20-33-37(34)39-35-26(27-22-23-29(40)38(42)36(27)39)15-10-19-32(35)41(33)30-17-8-6-14-25(30)24-12-4-3-5-13-24/h3-23H,1-2H3. The molecular weight excluding hydrogens is 568 g/mol. The van der Waals surface area contributed by atoms with Crippen molar-refractivity contribution in [1.82, 2.24) is 0 Å². The molecule has 0 amide bonds. The summed E-state index contributed by atoms with van der Waals surface area (Å²) in [6.45, 7) is 0.257. The van der Waals surface area contributed by atoms with Crippen LogP contribution in [-0.2, 0) is 0 Å². The Morgan fingerprint density at radius 2 is 1.02 bits per heavy atom. The maximum absolute atomic E-state index is 2.63. The van der Waals surface area contributed by atoms with Gasteiger partial charge < -0.3 is 0 Å². The van der Waals surface area contributed by atoms with E-state index in [1.165, 1.54) is 72.8 Å². The van der Waals surface area contributed by atoms with Crippen LogP contribution in [0.4, 0.5) is 34.1 Å². The number of hydrogen-bond acceptors (Lipinski definition) is 2. The van der Waals surface area contributed by atoms with E-state index in [0.29, 0.717) is 0 Å². The van der Waals surface area contributed by atoms with Crippen molar-refractivity contribution in [3.8, 4) is 22.3 Å². The number of anilines is 6. The monoisotopic (exact) mass is 596 g/mol. The van der Waals surface area contributed by atoms with E-state index in [1.54, 1.807) is 8.79 Å². The zero-order valence-corrected chi connectivity index (χ0v) is 25.7. The Morgan fingerprint density at radius 3 is 1.86 bits per heavy atom. The summed E-state index contributed by atoms with van der Waals surface area (Å²) in [4.78, 5) is 5.18. The Balaban J connectivity index is 1.34. The molecule has 4 aliphatic rings. The van der Waals surface area contributed by atoms with E-state index < -0.39 is 13.3 Å². The van der Waals surface area contributed by atoms with Crippen LogP contribution in [0, 0.1) is 0 Å². The van der Waals surface area contributed by atoms with E-state index in [2.05, 4.69) is 149 Å². The molecule has 0 aliphatic carbocycles. The summed E-state index contributed by atoms with van der Waals surface area (Å²) < 4.78 is 3.18. The van der Waals surface area contributed by atoms with Gasteiger partial charge in [-0.05, 0) is 0 Å². The van der Waals surface area contributed by atoms with Gasteiger partial charge >= 0.3 is 244 Å². The average molecular weight is 595 g/mol. The molecule has 0 saturated carbocycles. The molecule has 0 N–H and O–H groups in total. The van der Waals surface area contributed by atoms with Crippen LogP contribution in [0.25, 0.3) is 22.3 Å². The molecule has 0 unspecified atom stereocenters. The number of benzene rings is 6. The second-order valence-electron chi connectivity index (χ2n) is 12.5. The van der Waals surface area contributed by atoms with Crippen LogP contribution in [0.1, 0.15) is 0 Å². The van der Waals surface area contributed by atoms with Crippen LogP contribution >= 0.6 is 0 Å². The normalized spacial score (nSPS) is 15.4. The topological polar surface area (TPSA) is 6.48 Å². The van der Waals surface area contributed by atoms with E-state index in [-0.39, 0.29) is 6.71 Å². The number of nitrogens with zero attached hydrogens (tertiary/aromatic N) is 2. The Hall–Kier alpha value is -4.47. The first kappa shape index (κ1) is 23.1. The summed E-state index contributed by atoms with van der Waals surface area (Å²) in [5, 5.41) is 0. The van der Waals surface area contributed by atoms with Crippen LogP contribution < -0.4 is 35.0 Å². The minimum absolute atomic E-state index is 0.257. The fourth-order valence-corrected chi connectivity index (χ4v) is 14.7. The fourth-order valence-electron chi connectivity index (χ4n) is 8.46. The van der Waals surface area contributed by atoms with Crippen LogP contribution in [0.15, 0.2) is 127 Å². The molecule has 4 heteroatoms. The number of para-hydroxylation sites is 2. The molecule has 10 rings (SSSR count). The third-order valence-electron chi connectivity index (χ3n) is 10.2. The number of hydrogen-bond donors (Lipinski definition) is 0. The van der Waals surface area contributed by atoms with Crippen LogP contribution in [0.5, 0.6) is 0 Å². The van der Waals surface area contributed by atoms with Gasteiger partial charge in [0.2, 0.25) is 0 Å². The molecule has 0 spiro atoms. The zero-order valence-electron chi connectivity index (χ0n) is 23.6. The van der Waals surface area contributed by atoms with Gasteiger partial charge in [0.25, 0.3) is 0 Å². The summed E-state index contributed by atoms with van der Waals surface area (Å²) in [5.74, 6) is 5.16. The number of rotatable bonds is 2. The van der Waals surface area contributed by atoms with Crippen molar-refractivity contribution < 1.29 is 0 Å². The third-order valence-corrected chi connectivity index (χ3v) is 17.6. The average Bonchev–Trinajstić information content (AvgIpc) is 3.38. The van der Waals surface area contributed by atoms with Crippen molar-refractivity contribution >= 4 is 79.3 Å². The van der Waals surface area contributed by atoms with Crippen LogP contribution in [-0.4, -0.2) is 20.0 Å². The molecule has 42 heavy (non-hydrogen) atoms. The van der Waals surface area contributed by atoms with Gasteiger partial charge in [-0.2, -0.15) is 0 Å². The van der Waals surface area contributed by atoms with Gasteiger partial charge in [0.05, 0.1) is 0 Å². The number of fused-ring (bicyclic) bond motifs is 4. The van der Waals surface area contributed by atoms with E-state index >= 15 is 0 Å². The molecular formula is C38H27BGeN2. The van der Waals surface area contributed by atoms with Gasteiger partial charge in [0, 0.05) is 0 Å². The van der Waals surface area contributed by atoms with Gasteiger partial charge in [-0.1, -0.05) is 6.07 Å². The first-order chi connectivity index (χ1) is 20.6. The molecule has 6 aromatic rings. The second kappa shape index (κ2) is 7.87. The third kappa shape index (κ3) is 2.65. The molecule has 4 heterocycles. The van der Waals surface area contributed by atoms with Gasteiger partial charge in [0.1, 0.15) is 0 Å². The SMILES string of the molecule is [CH3][Ge]1([CH3])[c]2ccccc2N2c3cccc4c3B3c5c(cccc5N4c4ccccc4-c4ccccc4)-c4cc[c]1c2c43. The van der Waals surface area contributed by atoms with Crippen LogP contribution in [0.2, 0.25) is 11.5 Å². The molecule has 0 saturated heterocycles. The predicted octanol–water partition coefficient (Wildman–Crippen LogP) is 6.55. The maximum atomic E-state index is 2.63. The van der Waals surface area contributed by atoms with E-state index in [0.717, 1.165) is 0 Å². The molecule has 0 atom stereocenters. The van der Waals surface area contributed by atoms with Gasteiger partial charge in [-0.15, -0.1) is 0 Å². The summed E-state index contributed by atoms with van der Waals surface area (Å²) in [6, 6.07) is 47.9. The first-order valence-electron chi connectivity index (χ1n) is 14.9. The first-order valence-corrected chi connectivity index (χ1v) is 21.2. The van der Waals surface area contributed by atoms with E-state index in [9.17, 15) is 0 Å². The Morgan fingerprint density at radius 1 is 0.429 bits per heavy atom. The molecule has 2 nitrogen and oxygen atoms in total. The second-order valence-corrected chi connectivity index (χ2v) is 21.6. The summed E-state index contributed by atoms with van der Waals surface area (Å²) in [5.41, 5.74) is 17.7. The molecule has 4 aliphatic heterocycles. The quantitative estimate of drug-likeness (QED) is 0.209. The Bertz CT molecular complexity index is 2150. The van der Waals surface area contributed by atoms with Crippen molar-refractivity contribution in [3.63, 3.8) is 0 Å².